The van der Waals surface area contributed by atoms with Gasteiger partial charge in [0.15, 0.2) is 6.29 Å². The smallest absolute Gasteiger partial charge is 0.225 e. The van der Waals surface area contributed by atoms with Crippen molar-refractivity contribution < 1.29 is 4.79 Å². The Balaban J connectivity index is 2.15. The van der Waals surface area contributed by atoms with Crippen LogP contribution in [0.15, 0.2) is 36.9 Å². The summed E-state index contributed by atoms with van der Waals surface area (Å²) in [6.45, 7) is 3.56. The third-order valence-electron chi connectivity index (χ3n) is 2.58. The largest absolute Gasteiger partial charge is 0.337 e. The summed E-state index contributed by atoms with van der Waals surface area (Å²) in [5, 5.41) is 0. The third-order valence-corrected chi connectivity index (χ3v) is 2.58. The fourth-order valence-corrected chi connectivity index (χ4v) is 1.59. The molecule has 0 saturated carbocycles. The molecule has 0 saturated heterocycles. The molecule has 0 aliphatic rings. The van der Waals surface area contributed by atoms with Gasteiger partial charge in [-0.1, -0.05) is 0 Å². The lowest BCUT2D eigenvalue weighted by molar-refractivity contribution is 0.112. The van der Waals surface area contributed by atoms with Gasteiger partial charge < -0.3 is 4.90 Å². The van der Waals surface area contributed by atoms with Crippen molar-refractivity contribution in [3.05, 3.63) is 48.0 Å². The lowest BCUT2D eigenvalue weighted by Gasteiger charge is -2.20. The molecule has 0 atom stereocenters. The third kappa shape index (κ3) is 2.88. The number of aldehydes is 1. The number of aromatic nitrogens is 3. The molecule has 2 heterocycles. The van der Waals surface area contributed by atoms with Crippen LogP contribution in [0.25, 0.3) is 0 Å². The fraction of sp³-hybridized carbons (Fsp3) is 0.231. The van der Waals surface area contributed by atoms with E-state index in [-0.39, 0.29) is 0 Å². The van der Waals surface area contributed by atoms with Gasteiger partial charge in [-0.2, -0.15) is 0 Å². The van der Waals surface area contributed by atoms with Crippen molar-refractivity contribution in [3.8, 4) is 0 Å². The maximum Gasteiger partial charge on any atom is 0.225 e. The summed E-state index contributed by atoms with van der Waals surface area (Å²) in [5.74, 6) is 0.625. The van der Waals surface area contributed by atoms with Gasteiger partial charge in [-0.05, 0) is 24.6 Å². The molecule has 0 N–H and O–H groups in total. The van der Waals surface area contributed by atoms with Crippen LogP contribution in [0.5, 0.6) is 0 Å². The summed E-state index contributed by atoms with van der Waals surface area (Å²) in [4.78, 5) is 24.9. The minimum atomic E-state index is 0.485. The predicted molar refractivity (Wildman–Crippen MR) is 68.4 cm³/mol. The number of anilines is 1. The second kappa shape index (κ2) is 5.86. The molecule has 2 aromatic rings. The highest BCUT2D eigenvalue weighted by Crippen LogP contribution is 2.10. The van der Waals surface area contributed by atoms with Crippen LogP contribution in [0.2, 0.25) is 0 Å². The zero-order chi connectivity index (χ0) is 12.8. The highest BCUT2D eigenvalue weighted by atomic mass is 16.1. The number of rotatable bonds is 5. The maximum atomic E-state index is 10.5. The van der Waals surface area contributed by atoms with Crippen molar-refractivity contribution in [3.63, 3.8) is 0 Å². The van der Waals surface area contributed by atoms with E-state index in [0.29, 0.717) is 11.5 Å². The molecule has 0 aliphatic carbocycles. The SMILES string of the molecule is CCN(Cc1ccncc1)c1ncc(C=O)cn1. The van der Waals surface area contributed by atoms with Gasteiger partial charge in [0.25, 0.3) is 0 Å². The zero-order valence-corrected chi connectivity index (χ0v) is 10.2. The maximum absolute atomic E-state index is 10.5. The number of pyridine rings is 1. The monoisotopic (exact) mass is 242 g/mol. The van der Waals surface area contributed by atoms with Crippen molar-refractivity contribution in [2.75, 3.05) is 11.4 Å². The first-order chi connectivity index (χ1) is 8.83. The van der Waals surface area contributed by atoms with Gasteiger partial charge in [0.1, 0.15) is 0 Å². The highest BCUT2D eigenvalue weighted by molar-refractivity contribution is 5.73. The van der Waals surface area contributed by atoms with E-state index in [0.717, 1.165) is 24.9 Å². The van der Waals surface area contributed by atoms with E-state index in [1.54, 1.807) is 12.4 Å². The van der Waals surface area contributed by atoms with E-state index in [1.165, 1.54) is 12.4 Å². The van der Waals surface area contributed by atoms with Gasteiger partial charge in [-0.3, -0.25) is 9.78 Å². The molecule has 5 heteroatoms. The van der Waals surface area contributed by atoms with E-state index >= 15 is 0 Å². The molecule has 2 rings (SSSR count). The Morgan fingerprint density at radius 1 is 1.22 bits per heavy atom. The number of nitrogens with zero attached hydrogens (tertiary/aromatic N) is 4. The minimum Gasteiger partial charge on any atom is -0.337 e. The molecule has 5 nitrogen and oxygen atoms in total. The molecule has 0 unspecified atom stereocenters. The molecule has 0 aromatic carbocycles. The minimum absolute atomic E-state index is 0.485. The normalized spacial score (nSPS) is 10.1. The van der Waals surface area contributed by atoms with Gasteiger partial charge in [0.05, 0.1) is 5.56 Å². The Hall–Kier alpha value is -2.30. The topological polar surface area (TPSA) is 59.0 Å². The molecule has 0 radical (unpaired) electrons. The lowest BCUT2D eigenvalue weighted by atomic mass is 10.2. The molecule has 2 aromatic heterocycles. The van der Waals surface area contributed by atoms with Crippen LogP contribution in [0.4, 0.5) is 5.95 Å². The van der Waals surface area contributed by atoms with Gasteiger partial charge in [0.2, 0.25) is 5.95 Å². The highest BCUT2D eigenvalue weighted by Gasteiger charge is 2.07. The van der Waals surface area contributed by atoms with Gasteiger partial charge >= 0.3 is 0 Å². The summed E-state index contributed by atoms with van der Waals surface area (Å²) in [6.07, 6.45) is 7.33. The van der Waals surface area contributed by atoms with Crippen molar-refractivity contribution in [2.24, 2.45) is 0 Å². The average molecular weight is 242 g/mol. The van der Waals surface area contributed by atoms with E-state index in [4.69, 9.17) is 0 Å². The fourth-order valence-electron chi connectivity index (χ4n) is 1.59. The number of carbonyl (C=O) groups excluding carboxylic acids is 1. The van der Waals surface area contributed by atoms with Crippen LogP contribution in [0.1, 0.15) is 22.8 Å². The quantitative estimate of drug-likeness (QED) is 0.747. The zero-order valence-electron chi connectivity index (χ0n) is 10.2. The van der Waals surface area contributed by atoms with Gasteiger partial charge in [-0.25, -0.2) is 9.97 Å². The summed E-state index contributed by atoms with van der Waals surface area (Å²) < 4.78 is 0. The summed E-state index contributed by atoms with van der Waals surface area (Å²) in [7, 11) is 0. The molecular weight excluding hydrogens is 228 g/mol. The first kappa shape index (κ1) is 12.2. The first-order valence-corrected chi connectivity index (χ1v) is 5.74. The Kier molecular flexibility index (Phi) is 3.96. The van der Waals surface area contributed by atoms with E-state index in [1.807, 2.05) is 24.0 Å². The van der Waals surface area contributed by atoms with Gasteiger partial charge in [0, 0.05) is 37.9 Å². The van der Waals surface area contributed by atoms with Crippen LogP contribution in [-0.2, 0) is 6.54 Å². The van der Waals surface area contributed by atoms with Crippen LogP contribution in [0, 0.1) is 0 Å². The first-order valence-electron chi connectivity index (χ1n) is 5.74. The molecule has 0 bridgehead atoms. The summed E-state index contributed by atoms with van der Waals surface area (Å²) >= 11 is 0. The number of hydrogen-bond donors (Lipinski definition) is 0. The van der Waals surface area contributed by atoms with Crippen LogP contribution in [0.3, 0.4) is 0 Å². The molecule has 0 amide bonds. The van der Waals surface area contributed by atoms with Crippen LogP contribution in [-0.4, -0.2) is 27.8 Å². The standard InChI is InChI=1S/C13H14N4O/c1-2-17(9-11-3-5-14-6-4-11)13-15-7-12(10-18)8-16-13/h3-8,10H,2,9H2,1H3. The van der Waals surface area contributed by atoms with Crippen molar-refractivity contribution in [1.82, 2.24) is 15.0 Å². The summed E-state index contributed by atoms with van der Waals surface area (Å²) in [6, 6.07) is 3.92. The number of carbonyl (C=O) groups is 1. The Morgan fingerprint density at radius 2 is 1.89 bits per heavy atom. The molecule has 92 valence electrons. The van der Waals surface area contributed by atoms with E-state index < -0.39 is 0 Å². The Morgan fingerprint density at radius 3 is 2.44 bits per heavy atom. The second-order valence-electron chi connectivity index (χ2n) is 3.80. The van der Waals surface area contributed by atoms with Crippen molar-refractivity contribution in [2.45, 2.75) is 13.5 Å². The number of hydrogen-bond acceptors (Lipinski definition) is 5. The lowest BCUT2D eigenvalue weighted by Crippen LogP contribution is -2.24. The van der Waals surface area contributed by atoms with Crippen molar-refractivity contribution >= 4 is 12.2 Å². The van der Waals surface area contributed by atoms with Gasteiger partial charge in [-0.15, -0.1) is 0 Å². The van der Waals surface area contributed by atoms with E-state index in [9.17, 15) is 4.79 Å². The van der Waals surface area contributed by atoms with Crippen molar-refractivity contribution in [1.29, 1.82) is 0 Å². The second-order valence-corrected chi connectivity index (χ2v) is 3.80. The van der Waals surface area contributed by atoms with Crippen LogP contribution >= 0.6 is 0 Å². The average Bonchev–Trinajstić information content (AvgIpc) is 2.46. The molecular formula is C13H14N4O. The molecule has 0 fully saturated rings. The van der Waals surface area contributed by atoms with Crippen LogP contribution < -0.4 is 4.90 Å². The Labute approximate surface area is 106 Å². The molecule has 0 spiro atoms. The predicted octanol–water partition coefficient (Wildman–Crippen LogP) is 1.71. The molecule has 0 aliphatic heterocycles. The molecule has 18 heavy (non-hydrogen) atoms. The Bertz CT molecular complexity index is 498. The summed E-state index contributed by atoms with van der Waals surface area (Å²) in [5.41, 5.74) is 1.63. The van der Waals surface area contributed by atoms with E-state index in [2.05, 4.69) is 15.0 Å².